The number of esters is 1. The summed E-state index contributed by atoms with van der Waals surface area (Å²) in [7, 11) is 3.10. The van der Waals surface area contributed by atoms with Gasteiger partial charge in [-0.05, 0) is 26.7 Å². The van der Waals surface area contributed by atoms with Crippen LogP contribution in [-0.2, 0) is 23.1 Å². The summed E-state index contributed by atoms with van der Waals surface area (Å²) in [6, 6.07) is 0. The molecule has 0 aliphatic rings. The van der Waals surface area contributed by atoms with E-state index < -0.39 is 5.69 Å². The minimum atomic E-state index is -0.494. The van der Waals surface area contributed by atoms with Crippen LogP contribution in [0.5, 0.6) is 5.88 Å². The Morgan fingerprint density at radius 2 is 1.36 bits per heavy atom. The number of methoxy groups -OCH3 is 1. The maximum atomic E-state index is 12.0. The number of carbonyl (C=O) groups excluding carboxylic acids is 1. The van der Waals surface area contributed by atoms with Gasteiger partial charge in [0.2, 0.25) is 11.8 Å². The number of anilines is 1. The van der Waals surface area contributed by atoms with E-state index >= 15 is 0 Å². The molecule has 0 radical (unpaired) electrons. The lowest BCUT2D eigenvalue weighted by Gasteiger charge is -2.21. The van der Waals surface area contributed by atoms with E-state index in [9.17, 15) is 14.7 Å². The molecule has 36 heavy (non-hydrogen) atoms. The Labute approximate surface area is 215 Å². The normalized spacial score (nSPS) is 11.3. The Hall–Kier alpha value is -2.58. The SMILES string of the molecule is CCN(CC)c1nc2c(c(O)nc(=O)n2C)n1CCCCCCCCCCCCCCCC(=O)OC. The number of imidazole rings is 1. The van der Waals surface area contributed by atoms with E-state index in [4.69, 9.17) is 4.98 Å². The first-order valence-corrected chi connectivity index (χ1v) is 13.9. The molecule has 0 bridgehead atoms. The summed E-state index contributed by atoms with van der Waals surface area (Å²) in [6.07, 6.45) is 16.2. The summed E-state index contributed by atoms with van der Waals surface area (Å²) in [5.41, 5.74) is 0.532. The Bertz CT molecular complexity index is 981. The standard InChI is InChI=1S/C27H47N5O4/c1-5-31(6-2)26-28-24-23(25(34)29-27(35)30(24)3)32(26)21-19-17-15-13-11-9-7-8-10-12-14-16-18-20-22(33)36-4/h5-21H2,1-4H3,(H,29,34,35). The lowest BCUT2D eigenvalue weighted by molar-refractivity contribution is -0.140. The number of aromatic hydroxyl groups is 1. The van der Waals surface area contributed by atoms with Gasteiger partial charge in [-0.2, -0.15) is 9.97 Å². The fourth-order valence-electron chi connectivity index (χ4n) is 4.74. The highest BCUT2D eigenvalue weighted by Crippen LogP contribution is 2.27. The smallest absolute Gasteiger partial charge is 0.352 e. The van der Waals surface area contributed by atoms with E-state index in [1.165, 1.54) is 69.5 Å². The van der Waals surface area contributed by atoms with Gasteiger partial charge >= 0.3 is 11.7 Å². The van der Waals surface area contributed by atoms with E-state index in [-0.39, 0.29) is 11.8 Å². The van der Waals surface area contributed by atoms with Crippen molar-refractivity contribution in [2.24, 2.45) is 7.05 Å². The topological polar surface area (TPSA) is 102 Å². The molecule has 9 heteroatoms. The van der Waals surface area contributed by atoms with E-state index in [1.807, 2.05) is 4.57 Å². The zero-order valence-corrected chi connectivity index (χ0v) is 22.9. The van der Waals surface area contributed by atoms with Gasteiger partial charge in [0.25, 0.3) is 0 Å². The molecule has 0 fully saturated rings. The van der Waals surface area contributed by atoms with Gasteiger partial charge in [-0.1, -0.05) is 70.6 Å². The van der Waals surface area contributed by atoms with Gasteiger partial charge in [0, 0.05) is 33.1 Å². The van der Waals surface area contributed by atoms with Crippen molar-refractivity contribution in [1.29, 1.82) is 0 Å². The molecule has 0 spiro atoms. The highest BCUT2D eigenvalue weighted by molar-refractivity contribution is 5.80. The first-order chi connectivity index (χ1) is 17.4. The van der Waals surface area contributed by atoms with Crippen molar-refractivity contribution in [2.45, 2.75) is 110 Å². The number of unbranched alkanes of at least 4 members (excludes halogenated alkanes) is 12. The van der Waals surface area contributed by atoms with Gasteiger partial charge in [-0.25, -0.2) is 4.79 Å². The second kappa shape index (κ2) is 16.2. The lowest BCUT2D eigenvalue weighted by atomic mass is 10.0. The lowest BCUT2D eigenvalue weighted by Crippen LogP contribution is -2.25. The van der Waals surface area contributed by atoms with Crippen molar-refractivity contribution in [2.75, 3.05) is 25.1 Å². The van der Waals surface area contributed by atoms with Gasteiger partial charge in [0.15, 0.2) is 11.2 Å². The molecule has 2 rings (SSSR count). The second-order valence-electron chi connectivity index (χ2n) is 9.61. The maximum absolute atomic E-state index is 12.0. The number of nitrogens with zero attached hydrogens (tertiary/aromatic N) is 5. The molecule has 204 valence electrons. The summed E-state index contributed by atoms with van der Waals surface area (Å²) in [4.78, 5) is 33.7. The largest absolute Gasteiger partial charge is 0.492 e. The molecular weight excluding hydrogens is 458 g/mol. The molecule has 0 atom stereocenters. The molecule has 0 unspecified atom stereocenters. The molecule has 0 aliphatic heterocycles. The summed E-state index contributed by atoms with van der Waals surface area (Å²) in [5.74, 6) is 0.455. The maximum Gasteiger partial charge on any atom is 0.352 e. The number of aromatic nitrogens is 4. The average molecular weight is 506 g/mol. The van der Waals surface area contributed by atoms with Crippen molar-refractivity contribution < 1.29 is 14.6 Å². The monoisotopic (exact) mass is 505 g/mol. The molecule has 2 aromatic rings. The third-order valence-electron chi connectivity index (χ3n) is 6.98. The van der Waals surface area contributed by atoms with Crippen LogP contribution in [0.15, 0.2) is 4.79 Å². The molecule has 2 heterocycles. The van der Waals surface area contributed by atoms with E-state index in [2.05, 4.69) is 28.5 Å². The third kappa shape index (κ3) is 8.82. The highest BCUT2D eigenvalue weighted by Gasteiger charge is 2.21. The summed E-state index contributed by atoms with van der Waals surface area (Å²) >= 11 is 0. The van der Waals surface area contributed by atoms with Crippen molar-refractivity contribution in [1.82, 2.24) is 19.1 Å². The number of rotatable bonds is 19. The summed E-state index contributed by atoms with van der Waals surface area (Å²) < 4.78 is 8.10. The van der Waals surface area contributed by atoms with Crippen LogP contribution in [0, 0.1) is 0 Å². The van der Waals surface area contributed by atoms with Crippen molar-refractivity contribution in [3.8, 4) is 5.88 Å². The van der Waals surface area contributed by atoms with Crippen molar-refractivity contribution >= 4 is 23.1 Å². The zero-order chi connectivity index (χ0) is 26.3. The number of ether oxygens (including phenoxy) is 1. The Morgan fingerprint density at radius 1 is 0.861 bits per heavy atom. The summed E-state index contributed by atoms with van der Waals surface area (Å²) in [6.45, 7) is 6.51. The third-order valence-corrected chi connectivity index (χ3v) is 6.98. The molecule has 1 N–H and O–H groups in total. The van der Waals surface area contributed by atoms with Crippen LogP contribution in [0.1, 0.15) is 104 Å². The molecule has 2 aromatic heterocycles. The van der Waals surface area contributed by atoms with Gasteiger partial charge < -0.3 is 19.3 Å². The van der Waals surface area contributed by atoms with E-state index in [0.717, 1.165) is 51.3 Å². The predicted molar refractivity (Wildman–Crippen MR) is 145 cm³/mol. The van der Waals surface area contributed by atoms with Gasteiger partial charge in [-0.3, -0.25) is 9.36 Å². The second-order valence-corrected chi connectivity index (χ2v) is 9.61. The number of aryl methyl sites for hydroxylation is 2. The summed E-state index contributed by atoms with van der Waals surface area (Å²) in [5, 5.41) is 10.4. The Balaban J connectivity index is 1.66. The van der Waals surface area contributed by atoms with Crippen LogP contribution in [-0.4, -0.2) is 50.4 Å². The Kier molecular flexibility index (Phi) is 13.4. The first kappa shape index (κ1) is 29.6. The molecule has 0 aliphatic carbocycles. The molecule has 0 aromatic carbocycles. The molecule has 9 nitrogen and oxygen atoms in total. The minimum Gasteiger partial charge on any atom is -0.492 e. The van der Waals surface area contributed by atoms with Crippen molar-refractivity contribution in [3.05, 3.63) is 10.5 Å². The molecular formula is C27H47N5O4. The first-order valence-electron chi connectivity index (χ1n) is 13.9. The number of fused-ring (bicyclic) bond motifs is 1. The fourth-order valence-corrected chi connectivity index (χ4v) is 4.74. The quantitative estimate of drug-likeness (QED) is 0.204. The predicted octanol–water partition coefficient (Wildman–Crippen LogP) is 5.32. The fraction of sp³-hybridized carbons (Fsp3) is 0.778. The van der Waals surface area contributed by atoms with Gasteiger partial charge in [0.1, 0.15) is 0 Å². The van der Waals surface area contributed by atoms with Gasteiger partial charge in [0.05, 0.1) is 7.11 Å². The number of hydrogen-bond donors (Lipinski definition) is 1. The number of hydrogen-bond acceptors (Lipinski definition) is 7. The number of carbonyl (C=O) groups is 1. The van der Waals surface area contributed by atoms with Crippen LogP contribution in [0.25, 0.3) is 11.2 Å². The van der Waals surface area contributed by atoms with Crippen molar-refractivity contribution in [3.63, 3.8) is 0 Å². The van der Waals surface area contributed by atoms with E-state index in [0.29, 0.717) is 17.6 Å². The van der Waals surface area contributed by atoms with Crippen LogP contribution in [0.3, 0.4) is 0 Å². The van der Waals surface area contributed by atoms with Crippen LogP contribution in [0.2, 0.25) is 0 Å². The van der Waals surface area contributed by atoms with Gasteiger partial charge in [-0.15, -0.1) is 0 Å². The average Bonchev–Trinajstić information content (AvgIpc) is 3.25. The zero-order valence-electron chi connectivity index (χ0n) is 22.9. The van der Waals surface area contributed by atoms with Crippen LogP contribution >= 0.6 is 0 Å². The molecule has 0 amide bonds. The highest BCUT2D eigenvalue weighted by atomic mass is 16.5. The van der Waals surface area contributed by atoms with Crippen LogP contribution < -0.4 is 10.6 Å². The molecule has 0 saturated carbocycles. The van der Waals surface area contributed by atoms with Crippen LogP contribution in [0.4, 0.5) is 5.95 Å². The minimum absolute atomic E-state index is 0.0979. The Morgan fingerprint density at radius 3 is 1.86 bits per heavy atom. The van der Waals surface area contributed by atoms with E-state index in [1.54, 1.807) is 7.05 Å². The molecule has 0 saturated heterocycles.